The lowest BCUT2D eigenvalue weighted by molar-refractivity contribution is 0.0734. The molecule has 0 heterocycles. The molecule has 3 aromatic rings. The van der Waals surface area contributed by atoms with Gasteiger partial charge in [-0.3, -0.25) is 4.79 Å². The monoisotopic (exact) mass is 524 g/mol. The Balaban J connectivity index is 1.66. The van der Waals surface area contributed by atoms with Gasteiger partial charge in [0, 0.05) is 15.6 Å². The van der Waals surface area contributed by atoms with E-state index in [2.05, 4.69) is 26.5 Å². The first-order chi connectivity index (χ1) is 16.5. The smallest absolute Gasteiger partial charge is 0.343 e. The van der Waals surface area contributed by atoms with Crippen LogP contribution in [-0.2, 0) is 0 Å². The van der Waals surface area contributed by atoms with Crippen molar-refractivity contribution < 1.29 is 23.8 Å². The number of carbonyl (C=O) groups is 2. The Morgan fingerprint density at radius 3 is 2.21 bits per heavy atom. The summed E-state index contributed by atoms with van der Waals surface area (Å²) in [4.78, 5) is 25.0. The van der Waals surface area contributed by atoms with Crippen molar-refractivity contribution in [2.75, 3.05) is 13.2 Å². The first-order valence-corrected chi connectivity index (χ1v) is 11.6. The van der Waals surface area contributed by atoms with Crippen LogP contribution in [0.3, 0.4) is 0 Å². The molecule has 0 atom stereocenters. The quantitative estimate of drug-likeness (QED) is 0.161. The normalized spacial score (nSPS) is 10.7. The fraction of sp³-hybridized carbons (Fsp3) is 0.192. The third-order valence-corrected chi connectivity index (χ3v) is 5.03. The minimum atomic E-state index is -0.519. The van der Waals surface area contributed by atoms with E-state index in [1.165, 1.54) is 6.21 Å². The number of hydrogen-bond donors (Lipinski definition) is 1. The van der Waals surface area contributed by atoms with Gasteiger partial charge in [0.05, 0.1) is 25.0 Å². The van der Waals surface area contributed by atoms with Gasteiger partial charge in [0.1, 0.15) is 17.2 Å². The maximum atomic E-state index is 12.6. The SMILES string of the molecule is CCCOc1ccc(C(=O)N/N=C\c2cc(Br)ccc2OC(=O)c2ccc(OCC)cc2)cc1. The molecule has 0 bridgehead atoms. The predicted molar refractivity (Wildman–Crippen MR) is 134 cm³/mol. The van der Waals surface area contributed by atoms with Crippen molar-refractivity contribution in [3.8, 4) is 17.2 Å². The molecule has 0 radical (unpaired) electrons. The minimum absolute atomic E-state index is 0.303. The summed E-state index contributed by atoms with van der Waals surface area (Å²) in [5.41, 5.74) is 3.82. The van der Waals surface area contributed by atoms with Gasteiger partial charge in [-0.1, -0.05) is 22.9 Å². The van der Waals surface area contributed by atoms with Gasteiger partial charge in [-0.05, 0) is 80.1 Å². The van der Waals surface area contributed by atoms with E-state index in [1.807, 2.05) is 13.8 Å². The first kappa shape index (κ1) is 25.0. The number of ether oxygens (including phenoxy) is 3. The Bertz CT molecular complexity index is 1140. The van der Waals surface area contributed by atoms with Gasteiger partial charge in [-0.15, -0.1) is 0 Å². The van der Waals surface area contributed by atoms with Gasteiger partial charge in [0.15, 0.2) is 0 Å². The Kier molecular flexibility index (Phi) is 9.22. The molecule has 1 amide bonds. The number of benzene rings is 3. The van der Waals surface area contributed by atoms with E-state index < -0.39 is 5.97 Å². The molecule has 176 valence electrons. The molecule has 8 heteroatoms. The summed E-state index contributed by atoms with van der Waals surface area (Å²) in [5, 5.41) is 4.02. The summed E-state index contributed by atoms with van der Waals surface area (Å²) in [6, 6.07) is 18.6. The zero-order valence-electron chi connectivity index (χ0n) is 18.9. The maximum Gasteiger partial charge on any atom is 0.343 e. The van der Waals surface area contributed by atoms with Gasteiger partial charge in [0.25, 0.3) is 5.91 Å². The second kappa shape index (κ2) is 12.6. The highest BCUT2D eigenvalue weighted by atomic mass is 79.9. The van der Waals surface area contributed by atoms with Gasteiger partial charge in [-0.25, -0.2) is 10.2 Å². The van der Waals surface area contributed by atoms with Crippen molar-refractivity contribution >= 4 is 34.0 Å². The Labute approximate surface area is 206 Å². The van der Waals surface area contributed by atoms with Crippen LogP contribution in [0.2, 0.25) is 0 Å². The fourth-order valence-corrected chi connectivity index (χ4v) is 3.25. The fourth-order valence-electron chi connectivity index (χ4n) is 2.87. The molecule has 0 spiro atoms. The third kappa shape index (κ3) is 7.18. The number of rotatable bonds is 10. The summed E-state index contributed by atoms with van der Waals surface area (Å²) < 4.78 is 17.2. The molecule has 0 saturated heterocycles. The number of halogens is 1. The average molecular weight is 525 g/mol. The summed E-state index contributed by atoms with van der Waals surface area (Å²) in [6.45, 7) is 5.08. The summed E-state index contributed by atoms with van der Waals surface area (Å²) in [5.74, 6) is 0.789. The summed E-state index contributed by atoms with van der Waals surface area (Å²) in [7, 11) is 0. The van der Waals surface area contributed by atoms with E-state index in [-0.39, 0.29) is 5.91 Å². The molecule has 7 nitrogen and oxygen atoms in total. The topological polar surface area (TPSA) is 86.2 Å². The van der Waals surface area contributed by atoms with E-state index in [1.54, 1.807) is 66.7 Å². The molecule has 1 N–H and O–H groups in total. The van der Waals surface area contributed by atoms with Crippen LogP contribution in [0.1, 0.15) is 46.5 Å². The molecule has 3 rings (SSSR count). The third-order valence-electron chi connectivity index (χ3n) is 4.53. The maximum absolute atomic E-state index is 12.6. The highest BCUT2D eigenvalue weighted by molar-refractivity contribution is 9.10. The van der Waals surface area contributed by atoms with Crippen LogP contribution in [0, 0.1) is 0 Å². The second-order valence-corrected chi connectivity index (χ2v) is 8.02. The van der Waals surface area contributed by atoms with Crippen LogP contribution in [0.15, 0.2) is 76.3 Å². The van der Waals surface area contributed by atoms with Gasteiger partial charge in [0.2, 0.25) is 0 Å². The number of amides is 1. The largest absolute Gasteiger partial charge is 0.494 e. The molecule has 0 unspecified atom stereocenters. The molecule has 0 saturated carbocycles. The molecule has 0 aromatic heterocycles. The standard InChI is InChI=1S/C26H25BrN2O5/c1-3-15-33-23-10-5-18(6-11-23)25(30)29-28-17-20-16-21(27)9-14-24(20)34-26(31)19-7-12-22(13-8-19)32-4-2/h5-14,16-17H,3-4,15H2,1-2H3,(H,29,30)/b28-17-. The van der Waals surface area contributed by atoms with E-state index in [9.17, 15) is 9.59 Å². The van der Waals surface area contributed by atoms with E-state index in [0.717, 1.165) is 10.9 Å². The van der Waals surface area contributed by atoms with Gasteiger partial charge >= 0.3 is 5.97 Å². The van der Waals surface area contributed by atoms with Gasteiger partial charge in [-0.2, -0.15) is 5.10 Å². The summed E-state index contributed by atoms with van der Waals surface area (Å²) in [6.07, 6.45) is 2.33. The molecule has 3 aromatic carbocycles. The minimum Gasteiger partial charge on any atom is -0.494 e. The van der Waals surface area contributed by atoms with Crippen LogP contribution in [-0.4, -0.2) is 31.3 Å². The number of carbonyl (C=O) groups excluding carboxylic acids is 2. The van der Waals surface area contributed by atoms with Crippen LogP contribution < -0.4 is 19.6 Å². The molecule has 0 aliphatic carbocycles. The first-order valence-electron chi connectivity index (χ1n) is 10.8. The van der Waals surface area contributed by atoms with E-state index >= 15 is 0 Å². The van der Waals surface area contributed by atoms with Crippen LogP contribution in [0.4, 0.5) is 0 Å². The van der Waals surface area contributed by atoms with Crippen molar-refractivity contribution in [2.45, 2.75) is 20.3 Å². The number of hydrogen-bond acceptors (Lipinski definition) is 6. The number of nitrogens with zero attached hydrogens (tertiary/aromatic N) is 1. The predicted octanol–water partition coefficient (Wildman–Crippen LogP) is 5.62. The molecular formula is C26H25BrN2O5. The molecule has 0 aliphatic rings. The zero-order chi connectivity index (χ0) is 24.3. The summed E-state index contributed by atoms with van der Waals surface area (Å²) >= 11 is 3.40. The highest BCUT2D eigenvalue weighted by Crippen LogP contribution is 2.23. The van der Waals surface area contributed by atoms with Crippen molar-refractivity contribution in [1.29, 1.82) is 0 Å². The molecule has 0 fully saturated rings. The highest BCUT2D eigenvalue weighted by Gasteiger charge is 2.12. The Morgan fingerprint density at radius 2 is 1.56 bits per heavy atom. The average Bonchev–Trinajstić information content (AvgIpc) is 2.85. The second-order valence-electron chi connectivity index (χ2n) is 7.10. The Hall–Kier alpha value is -3.65. The lowest BCUT2D eigenvalue weighted by Crippen LogP contribution is -2.17. The van der Waals surface area contributed by atoms with Crippen LogP contribution >= 0.6 is 15.9 Å². The number of hydrazone groups is 1. The lowest BCUT2D eigenvalue weighted by Gasteiger charge is -2.09. The lowest BCUT2D eigenvalue weighted by atomic mass is 10.2. The van der Waals surface area contributed by atoms with Crippen LogP contribution in [0.5, 0.6) is 17.2 Å². The molecule has 34 heavy (non-hydrogen) atoms. The molecule has 0 aliphatic heterocycles. The van der Waals surface area contributed by atoms with Crippen molar-refractivity contribution in [3.05, 3.63) is 87.9 Å². The Morgan fingerprint density at radius 1 is 0.912 bits per heavy atom. The van der Waals surface area contributed by atoms with E-state index in [0.29, 0.717) is 47.2 Å². The van der Waals surface area contributed by atoms with Crippen molar-refractivity contribution in [2.24, 2.45) is 5.10 Å². The number of esters is 1. The zero-order valence-corrected chi connectivity index (χ0v) is 20.5. The van der Waals surface area contributed by atoms with E-state index in [4.69, 9.17) is 14.2 Å². The van der Waals surface area contributed by atoms with Crippen molar-refractivity contribution in [1.82, 2.24) is 5.43 Å². The number of nitrogens with one attached hydrogen (secondary N) is 1. The molecular weight excluding hydrogens is 500 g/mol. The van der Waals surface area contributed by atoms with Crippen LogP contribution in [0.25, 0.3) is 0 Å². The van der Waals surface area contributed by atoms with Crippen molar-refractivity contribution in [3.63, 3.8) is 0 Å². The van der Waals surface area contributed by atoms with Gasteiger partial charge < -0.3 is 14.2 Å².